The molecular formula is C12H20ClN3. The normalized spacial score (nSPS) is 23.8. The molecule has 0 aliphatic heterocycles. The van der Waals surface area contributed by atoms with Gasteiger partial charge < -0.3 is 5.32 Å². The minimum atomic E-state index is 0.695. The maximum absolute atomic E-state index is 6.28. The van der Waals surface area contributed by atoms with Gasteiger partial charge in [-0.3, -0.25) is 4.68 Å². The van der Waals surface area contributed by atoms with Gasteiger partial charge >= 0.3 is 0 Å². The fraction of sp³-hybridized carbons (Fsp3) is 0.750. The highest BCUT2D eigenvalue weighted by Gasteiger charge is 2.34. The van der Waals surface area contributed by atoms with Gasteiger partial charge in [0.2, 0.25) is 0 Å². The predicted octanol–water partition coefficient (Wildman–Crippen LogP) is 2.52. The summed E-state index contributed by atoms with van der Waals surface area (Å²) >= 11 is 6.28. The van der Waals surface area contributed by atoms with E-state index in [9.17, 15) is 0 Å². The van der Waals surface area contributed by atoms with Crippen LogP contribution in [0.1, 0.15) is 38.1 Å². The topological polar surface area (TPSA) is 29.9 Å². The Kier molecular flexibility index (Phi) is 3.55. The lowest BCUT2D eigenvalue weighted by atomic mass is 10.3. The molecule has 1 N–H and O–H groups in total. The van der Waals surface area contributed by atoms with E-state index in [1.54, 1.807) is 0 Å². The lowest BCUT2D eigenvalue weighted by molar-refractivity contribution is 0.588. The smallest absolute Gasteiger partial charge is 0.0863 e. The molecule has 2 rings (SSSR count). The van der Waals surface area contributed by atoms with Crippen LogP contribution in [-0.2, 0) is 20.0 Å². The maximum atomic E-state index is 6.28. The number of nitrogens with zero attached hydrogens (tertiary/aromatic N) is 2. The van der Waals surface area contributed by atoms with E-state index in [0.29, 0.717) is 6.04 Å². The molecule has 16 heavy (non-hydrogen) atoms. The molecule has 1 saturated carbocycles. The number of halogens is 1. The van der Waals surface area contributed by atoms with E-state index >= 15 is 0 Å². The molecule has 1 aromatic rings. The summed E-state index contributed by atoms with van der Waals surface area (Å²) in [5.74, 6) is 0.873. The third-order valence-corrected chi connectivity index (χ3v) is 3.92. The minimum Gasteiger partial charge on any atom is -0.308 e. The number of aryl methyl sites for hydroxylation is 2. The van der Waals surface area contributed by atoms with E-state index in [-0.39, 0.29) is 0 Å². The first-order chi connectivity index (χ1) is 7.67. The molecule has 0 amide bonds. The van der Waals surface area contributed by atoms with Crippen LogP contribution < -0.4 is 5.32 Å². The second kappa shape index (κ2) is 4.76. The quantitative estimate of drug-likeness (QED) is 0.859. The van der Waals surface area contributed by atoms with Crippen molar-refractivity contribution < 1.29 is 0 Å². The molecule has 0 spiro atoms. The molecule has 0 bridgehead atoms. The zero-order valence-electron chi connectivity index (χ0n) is 10.3. The molecule has 1 aromatic heterocycles. The van der Waals surface area contributed by atoms with Gasteiger partial charge in [0.1, 0.15) is 0 Å². The molecule has 2 unspecified atom stereocenters. The van der Waals surface area contributed by atoms with Gasteiger partial charge in [-0.1, -0.05) is 31.9 Å². The van der Waals surface area contributed by atoms with Crippen LogP contribution in [0.25, 0.3) is 0 Å². The highest BCUT2D eigenvalue weighted by Crippen LogP contribution is 2.33. The number of hydrogen-bond acceptors (Lipinski definition) is 2. The largest absolute Gasteiger partial charge is 0.308 e. The zero-order valence-corrected chi connectivity index (χ0v) is 11.0. The highest BCUT2D eigenvalue weighted by atomic mass is 35.5. The molecular weight excluding hydrogens is 222 g/mol. The van der Waals surface area contributed by atoms with E-state index in [2.05, 4.69) is 24.3 Å². The van der Waals surface area contributed by atoms with Crippen LogP contribution in [0.5, 0.6) is 0 Å². The van der Waals surface area contributed by atoms with Crippen molar-refractivity contribution in [3.8, 4) is 0 Å². The Bertz CT molecular complexity index is 373. The first-order valence-corrected chi connectivity index (χ1v) is 6.48. The first-order valence-electron chi connectivity index (χ1n) is 6.11. The molecule has 1 aliphatic rings. The molecule has 1 fully saturated rings. The van der Waals surface area contributed by atoms with Crippen LogP contribution in [0.3, 0.4) is 0 Å². The predicted molar refractivity (Wildman–Crippen MR) is 66.6 cm³/mol. The molecule has 1 aliphatic carbocycles. The second-order valence-corrected chi connectivity index (χ2v) is 4.95. The lowest BCUT2D eigenvalue weighted by Crippen LogP contribution is -2.19. The summed E-state index contributed by atoms with van der Waals surface area (Å²) in [6.07, 6.45) is 3.48. The van der Waals surface area contributed by atoms with Gasteiger partial charge in [-0.25, -0.2) is 0 Å². The van der Waals surface area contributed by atoms with Crippen LogP contribution in [0, 0.1) is 5.92 Å². The van der Waals surface area contributed by atoms with Gasteiger partial charge in [-0.05, 0) is 18.8 Å². The summed E-state index contributed by atoms with van der Waals surface area (Å²) in [5.41, 5.74) is 2.11. The average Bonchev–Trinajstić information content (AvgIpc) is 2.98. The lowest BCUT2D eigenvalue weighted by Gasteiger charge is -2.04. The van der Waals surface area contributed by atoms with Crippen molar-refractivity contribution in [3.05, 3.63) is 16.4 Å². The average molecular weight is 242 g/mol. The zero-order chi connectivity index (χ0) is 11.7. The Hall–Kier alpha value is -0.540. The van der Waals surface area contributed by atoms with Gasteiger partial charge in [0, 0.05) is 19.6 Å². The van der Waals surface area contributed by atoms with Crippen molar-refractivity contribution in [2.45, 2.75) is 45.7 Å². The van der Waals surface area contributed by atoms with Gasteiger partial charge in [0.15, 0.2) is 0 Å². The summed E-state index contributed by atoms with van der Waals surface area (Å²) in [6, 6.07) is 0.695. The van der Waals surface area contributed by atoms with Crippen LogP contribution in [0.4, 0.5) is 0 Å². The molecule has 0 saturated heterocycles. The molecule has 0 aromatic carbocycles. The molecule has 1 heterocycles. The van der Waals surface area contributed by atoms with Crippen molar-refractivity contribution >= 4 is 11.6 Å². The van der Waals surface area contributed by atoms with Crippen LogP contribution in [0.15, 0.2) is 0 Å². The van der Waals surface area contributed by atoms with Crippen molar-refractivity contribution in [1.29, 1.82) is 0 Å². The Morgan fingerprint density at radius 1 is 1.50 bits per heavy atom. The number of nitrogens with one attached hydrogen (secondary N) is 1. The number of hydrogen-bond donors (Lipinski definition) is 1. The monoisotopic (exact) mass is 241 g/mol. The summed E-state index contributed by atoms with van der Waals surface area (Å²) in [6.45, 7) is 5.17. The number of aromatic nitrogens is 2. The van der Waals surface area contributed by atoms with E-state index in [1.807, 2.05) is 11.7 Å². The number of rotatable bonds is 5. The summed E-state index contributed by atoms with van der Waals surface area (Å²) in [5, 5.41) is 8.80. The third-order valence-electron chi connectivity index (χ3n) is 3.48. The van der Waals surface area contributed by atoms with Crippen LogP contribution >= 0.6 is 11.6 Å². The SMILES string of the molecule is CCc1nn(C)c(CNC2CC2CC)c1Cl. The summed E-state index contributed by atoms with van der Waals surface area (Å²) in [4.78, 5) is 0. The van der Waals surface area contributed by atoms with Gasteiger partial charge in [0.05, 0.1) is 16.4 Å². The van der Waals surface area contributed by atoms with Gasteiger partial charge in [-0.15, -0.1) is 0 Å². The molecule has 90 valence electrons. The standard InChI is InChI=1S/C12H20ClN3/c1-4-8-6-10(8)14-7-11-12(13)9(5-2)15-16(11)3/h8,10,14H,4-7H2,1-3H3. The Balaban J connectivity index is 1.96. The van der Waals surface area contributed by atoms with Crippen LogP contribution in [-0.4, -0.2) is 15.8 Å². The van der Waals surface area contributed by atoms with Crippen molar-refractivity contribution in [2.75, 3.05) is 0 Å². The molecule has 2 atom stereocenters. The molecule has 3 nitrogen and oxygen atoms in total. The van der Waals surface area contributed by atoms with Crippen molar-refractivity contribution in [1.82, 2.24) is 15.1 Å². The fourth-order valence-electron chi connectivity index (χ4n) is 2.19. The minimum absolute atomic E-state index is 0.695. The fourth-order valence-corrected chi connectivity index (χ4v) is 2.55. The van der Waals surface area contributed by atoms with E-state index in [4.69, 9.17) is 11.6 Å². The Labute approximate surface area is 102 Å². The van der Waals surface area contributed by atoms with Gasteiger partial charge in [0.25, 0.3) is 0 Å². The Morgan fingerprint density at radius 3 is 2.75 bits per heavy atom. The molecule has 0 radical (unpaired) electrons. The van der Waals surface area contributed by atoms with E-state index < -0.39 is 0 Å². The second-order valence-electron chi connectivity index (χ2n) is 4.58. The highest BCUT2D eigenvalue weighted by molar-refractivity contribution is 6.31. The van der Waals surface area contributed by atoms with E-state index in [0.717, 1.165) is 35.3 Å². The maximum Gasteiger partial charge on any atom is 0.0863 e. The van der Waals surface area contributed by atoms with Crippen molar-refractivity contribution in [3.63, 3.8) is 0 Å². The summed E-state index contributed by atoms with van der Waals surface area (Å²) in [7, 11) is 1.96. The Morgan fingerprint density at radius 2 is 2.25 bits per heavy atom. The first kappa shape index (κ1) is 11.9. The van der Waals surface area contributed by atoms with E-state index in [1.165, 1.54) is 12.8 Å². The van der Waals surface area contributed by atoms with Crippen LogP contribution in [0.2, 0.25) is 5.02 Å². The van der Waals surface area contributed by atoms with Crippen molar-refractivity contribution in [2.24, 2.45) is 13.0 Å². The van der Waals surface area contributed by atoms with Gasteiger partial charge in [-0.2, -0.15) is 5.10 Å². The third kappa shape index (κ3) is 2.25. The summed E-state index contributed by atoms with van der Waals surface area (Å²) < 4.78 is 1.90. The molecule has 4 heteroatoms.